The van der Waals surface area contributed by atoms with Gasteiger partial charge in [-0.1, -0.05) is 25.3 Å². The van der Waals surface area contributed by atoms with E-state index in [1.807, 2.05) is 6.07 Å². The molecule has 0 unspecified atom stereocenters. The van der Waals surface area contributed by atoms with Crippen molar-refractivity contribution in [2.24, 2.45) is 5.92 Å². The van der Waals surface area contributed by atoms with Gasteiger partial charge in [0, 0.05) is 29.8 Å². The molecular formula is C19H26N2O3. The number of anilines is 1. The Kier molecular flexibility index (Phi) is 5.51. The number of hydrogen-bond donors (Lipinski definition) is 2. The van der Waals surface area contributed by atoms with Crippen LogP contribution in [0.15, 0.2) is 24.3 Å². The fourth-order valence-corrected chi connectivity index (χ4v) is 3.45. The van der Waals surface area contributed by atoms with Gasteiger partial charge in [-0.25, -0.2) is 0 Å². The minimum absolute atomic E-state index is 0.0274. The Balaban J connectivity index is 1.66. The largest absolute Gasteiger partial charge is 0.395 e. The lowest BCUT2D eigenvalue weighted by molar-refractivity contribution is -0.120. The Morgan fingerprint density at radius 1 is 1.12 bits per heavy atom. The molecule has 2 aliphatic carbocycles. The normalized spacial score (nSPS) is 18.2. The van der Waals surface area contributed by atoms with Crippen molar-refractivity contribution in [3.05, 3.63) is 29.8 Å². The zero-order chi connectivity index (χ0) is 16.9. The number of nitrogens with zero attached hydrogens (tertiary/aromatic N) is 1. The fraction of sp³-hybridized carbons (Fsp3) is 0.579. The lowest BCUT2D eigenvalue weighted by atomic mass is 9.88. The summed E-state index contributed by atoms with van der Waals surface area (Å²) in [7, 11) is 0. The number of aliphatic hydroxyl groups excluding tert-OH is 1. The monoisotopic (exact) mass is 330 g/mol. The topological polar surface area (TPSA) is 69.6 Å². The van der Waals surface area contributed by atoms with Gasteiger partial charge >= 0.3 is 0 Å². The lowest BCUT2D eigenvalue weighted by Gasteiger charge is -2.22. The molecular weight excluding hydrogens is 304 g/mol. The van der Waals surface area contributed by atoms with Crippen molar-refractivity contribution in [2.45, 2.75) is 51.0 Å². The van der Waals surface area contributed by atoms with Crippen molar-refractivity contribution in [1.82, 2.24) is 4.90 Å². The zero-order valence-corrected chi connectivity index (χ0v) is 14.0. The first-order valence-corrected chi connectivity index (χ1v) is 9.02. The van der Waals surface area contributed by atoms with Crippen molar-refractivity contribution >= 4 is 17.5 Å². The van der Waals surface area contributed by atoms with Crippen LogP contribution in [0.1, 0.15) is 55.3 Å². The molecule has 5 heteroatoms. The van der Waals surface area contributed by atoms with Gasteiger partial charge in [0.1, 0.15) is 0 Å². The van der Waals surface area contributed by atoms with Gasteiger partial charge in [-0.3, -0.25) is 9.59 Å². The second-order valence-electron chi connectivity index (χ2n) is 6.86. The molecule has 0 aromatic heterocycles. The van der Waals surface area contributed by atoms with Crippen LogP contribution in [0.25, 0.3) is 0 Å². The van der Waals surface area contributed by atoms with Crippen molar-refractivity contribution in [1.29, 1.82) is 0 Å². The molecule has 1 aromatic rings. The van der Waals surface area contributed by atoms with E-state index >= 15 is 0 Å². The molecule has 5 nitrogen and oxygen atoms in total. The second-order valence-corrected chi connectivity index (χ2v) is 6.86. The summed E-state index contributed by atoms with van der Waals surface area (Å²) in [4.78, 5) is 26.8. The van der Waals surface area contributed by atoms with Crippen LogP contribution in [-0.4, -0.2) is 41.0 Å². The Morgan fingerprint density at radius 2 is 1.88 bits per heavy atom. The molecule has 3 rings (SSSR count). The number of hydrogen-bond acceptors (Lipinski definition) is 3. The molecule has 0 aliphatic heterocycles. The second kappa shape index (κ2) is 7.79. The van der Waals surface area contributed by atoms with Crippen LogP contribution >= 0.6 is 0 Å². The summed E-state index contributed by atoms with van der Waals surface area (Å²) in [5, 5.41) is 12.1. The number of amides is 2. The maximum absolute atomic E-state index is 12.7. The number of benzene rings is 1. The summed E-state index contributed by atoms with van der Waals surface area (Å²) in [5.74, 6) is 0.0875. The van der Waals surface area contributed by atoms with E-state index in [1.54, 1.807) is 23.1 Å². The van der Waals surface area contributed by atoms with Crippen LogP contribution in [0, 0.1) is 5.92 Å². The predicted octanol–water partition coefficient (Wildman–Crippen LogP) is 2.80. The highest BCUT2D eigenvalue weighted by Crippen LogP contribution is 2.29. The molecule has 0 atom stereocenters. The van der Waals surface area contributed by atoms with Gasteiger partial charge in [0.25, 0.3) is 5.91 Å². The molecule has 0 heterocycles. The first kappa shape index (κ1) is 17.0. The summed E-state index contributed by atoms with van der Waals surface area (Å²) < 4.78 is 0. The van der Waals surface area contributed by atoms with Gasteiger partial charge in [0.15, 0.2) is 0 Å². The quantitative estimate of drug-likeness (QED) is 0.842. The summed E-state index contributed by atoms with van der Waals surface area (Å²) in [6.45, 7) is 0.336. The maximum atomic E-state index is 12.7. The molecule has 130 valence electrons. The molecule has 0 bridgehead atoms. The molecule has 0 spiro atoms. The molecule has 2 amide bonds. The van der Waals surface area contributed by atoms with Crippen LogP contribution in [0.4, 0.5) is 5.69 Å². The van der Waals surface area contributed by atoms with Crippen molar-refractivity contribution in [3.63, 3.8) is 0 Å². The highest BCUT2D eigenvalue weighted by molar-refractivity contribution is 5.98. The standard InChI is InChI=1S/C19H26N2O3/c22-12-11-21(17-9-10-17)19(24)15-7-4-8-16(13-15)20-18(23)14-5-2-1-3-6-14/h4,7-8,13-14,17,22H,1-3,5-6,9-12H2,(H,20,23). The van der Waals surface area contributed by atoms with E-state index in [-0.39, 0.29) is 30.4 Å². The first-order valence-electron chi connectivity index (χ1n) is 9.02. The summed E-state index contributed by atoms with van der Waals surface area (Å²) in [6, 6.07) is 7.39. The van der Waals surface area contributed by atoms with Gasteiger partial charge in [0.05, 0.1) is 6.61 Å². The summed E-state index contributed by atoms with van der Waals surface area (Å²) >= 11 is 0. The van der Waals surface area contributed by atoms with E-state index in [0.717, 1.165) is 38.5 Å². The first-order chi connectivity index (χ1) is 11.7. The Labute approximate surface area is 143 Å². The Bertz CT molecular complexity index is 592. The number of rotatable bonds is 6. The van der Waals surface area contributed by atoms with Gasteiger partial charge in [-0.15, -0.1) is 0 Å². The van der Waals surface area contributed by atoms with Gasteiger partial charge in [-0.2, -0.15) is 0 Å². The third kappa shape index (κ3) is 4.15. The highest BCUT2D eigenvalue weighted by Gasteiger charge is 2.32. The lowest BCUT2D eigenvalue weighted by Crippen LogP contribution is -2.35. The van der Waals surface area contributed by atoms with Crippen molar-refractivity contribution in [3.8, 4) is 0 Å². The molecule has 2 aliphatic rings. The molecule has 0 saturated heterocycles. The number of aliphatic hydroxyl groups is 1. The van der Waals surface area contributed by atoms with Gasteiger partial charge in [0.2, 0.25) is 5.91 Å². The fourth-order valence-electron chi connectivity index (χ4n) is 3.45. The van der Waals surface area contributed by atoms with E-state index in [0.29, 0.717) is 17.8 Å². The zero-order valence-electron chi connectivity index (χ0n) is 14.0. The molecule has 2 fully saturated rings. The smallest absolute Gasteiger partial charge is 0.254 e. The van der Waals surface area contributed by atoms with Gasteiger partial charge in [-0.05, 0) is 43.9 Å². The number of carbonyl (C=O) groups is 2. The van der Waals surface area contributed by atoms with Crippen molar-refractivity contribution in [2.75, 3.05) is 18.5 Å². The van der Waals surface area contributed by atoms with E-state index in [9.17, 15) is 14.7 Å². The maximum Gasteiger partial charge on any atom is 0.254 e. The highest BCUT2D eigenvalue weighted by atomic mass is 16.3. The average molecular weight is 330 g/mol. The third-order valence-corrected chi connectivity index (χ3v) is 4.94. The van der Waals surface area contributed by atoms with E-state index < -0.39 is 0 Å². The molecule has 24 heavy (non-hydrogen) atoms. The minimum Gasteiger partial charge on any atom is -0.395 e. The summed E-state index contributed by atoms with van der Waals surface area (Å²) in [6.07, 6.45) is 7.37. The van der Waals surface area contributed by atoms with Crippen LogP contribution in [-0.2, 0) is 4.79 Å². The third-order valence-electron chi connectivity index (χ3n) is 4.94. The van der Waals surface area contributed by atoms with Crippen LogP contribution < -0.4 is 5.32 Å². The van der Waals surface area contributed by atoms with E-state index in [1.165, 1.54) is 6.42 Å². The van der Waals surface area contributed by atoms with Crippen LogP contribution in [0.5, 0.6) is 0 Å². The predicted molar refractivity (Wildman–Crippen MR) is 92.8 cm³/mol. The molecule has 2 saturated carbocycles. The number of nitrogens with one attached hydrogen (secondary N) is 1. The van der Waals surface area contributed by atoms with E-state index in [4.69, 9.17) is 0 Å². The molecule has 1 aromatic carbocycles. The molecule has 2 N–H and O–H groups in total. The SMILES string of the molecule is O=C(Nc1cccc(C(=O)N(CCO)C2CC2)c1)C1CCCCC1. The summed E-state index contributed by atoms with van der Waals surface area (Å²) in [5.41, 5.74) is 1.24. The minimum atomic E-state index is -0.0692. The number of carbonyl (C=O) groups excluding carboxylic acids is 2. The Morgan fingerprint density at radius 3 is 2.54 bits per heavy atom. The Hall–Kier alpha value is -1.88. The average Bonchev–Trinajstić information content (AvgIpc) is 3.45. The van der Waals surface area contributed by atoms with E-state index in [2.05, 4.69) is 5.32 Å². The van der Waals surface area contributed by atoms with Crippen molar-refractivity contribution < 1.29 is 14.7 Å². The van der Waals surface area contributed by atoms with Crippen LogP contribution in [0.2, 0.25) is 0 Å². The van der Waals surface area contributed by atoms with Gasteiger partial charge < -0.3 is 15.3 Å². The molecule has 0 radical (unpaired) electrons. The van der Waals surface area contributed by atoms with Crippen LogP contribution in [0.3, 0.4) is 0 Å².